The lowest BCUT2D eigenvalue weighted by atomic mass is 10.3. The van der Waals surface area contributed by atoms with Gasteiger partial charge in [0.15, 0.2) is 22.2 Å². The summed E-state index contributed by atoms with van der Waals surface area (Å²) in [5.74, 6) is 0.638. The number of benzene rings is 1. The molecule has 2 N–H and O–H groups in total. The van der Waals surface area contributed by atoms with Crippen molar-refractivity contribution in [3.05, 3.63) is 30.2 Å². The van der Waals surface area contributed by atoms with Crippen LogP contribution in [0.3, 0.4) is 0 Å². The van der Waals surface area contributed by atoms with Gasteiger partial charge in [0.2, 0.25) is 0 Å². The zero-order valence-electron chi connectivity index (χ0n) is 11.3. The van der Waals surface area contributed by atoms with Gasteiger partial charge in [-0.3, -0.25) is 5.43 Å². The van der Waals surface area contributed by atoms with E-state index in [4.69, 9.17) is 4.42 Å². The van der Waals surface area contributed by atoms with E-state index in [1.165, 1.54) is 0 Å². The van der Waals surface area contributed by atoms with Crippen molar-refractivity contribution in [2.75, 3.05) is 6.54 Å². The molecule has 110 valence electrons. The molecule has 0 bridgehead atoms. The Hall–Kier alpha value is -1.44. The number of oxazole rings is 1. The number of aromatic nitrogens is 1. The van der Waals surface area contributed by atoms with Gasteiger partial charge < -0.3 is 4.42 Å². The molecule has 1 aromatic heterocycles. The van der Waals surface area contributed by atoms with Crippen LogP contribution in [-0.4, -0.2) is 25.3 Å². The maximum atomic E-state index is 11.0. The Balaban J connectivity index is 1.80. The topological polar surface area (TPSA) is 84.2 Å². The Morgan fingerprint density at radius 2 is 2.15 bits per heavy atom. The molecule has 2 aromatic rings. The van der Waals surface area contributed by atoms with Crippen LogP contribution in [0, 0.1) is 0 Å². The Labute approximate surface area is 119 Å². The maximum absolute atomic E-state index is 11.0. The van der Waals surface area contributed by atoms with Gasteiger partial charge in [-0.15, -0.1) is 0 Å². The van der Waals surface area contributed by atoms with Gasteiger partial charge in [0.1, 0.15) is 10.9 Å². The van der Waals surface area contributed by atoms with Gasteiger partial charge >= 0.3 is 0 Å². The molecule has 0 saturated carbocycles. The van der Waals surface area contributed by atoms with E-state index in [2.05, 4.69) is 15.8 Å². The predicted molar refractivity (Wildman–Crippen MR) is 77.9 cm³/mol. The molecule has 0 aliphatic carbocycles. The van der Waals surface area contributed by atoms with Crippen LogP contribution in [0.1, 0.15) is 25.7 Å². The first-order chi connectivity index (χ1) is 9.70. The number of hydrazine groups is 1. The normalized spacial score (nSPS) is 13.1. The van der Waals surface area contributed by atoms with Gasteiger partial charge in [0, 0.05) is 13.0 Å². The van der Waals surface area contributed by atoms with Gasteiger partial charge in [-0.2, -0.15) is 0 Å². The van der Waals surface area contributed by atoms with Crippen molar-refractivity contribution < 1.29 is 12.8 Å². The minimum atomic E-state index is -2.47. The van der Waals surface area contributed by atoms with Crippen LogP contribution < -0.4 is 10.9 Å². The first-order valence-corrected chi connectivity index (χ1v) is 7.91. The van der Waals surface area contributed by atoms with Crippen molar-refractivity contribution in [3.8, 4) is 0 Å². The number of hydrogen-bond donors (Lipinski definition) is 3. The molecule has 1 atom stereocenters. The predicted octanol–water partition coefficient (Wildman–Crippen LogP) is 1.20. The average molecular weight is 297 g/mol. The van der Waals surface area contributed by atoms with Gasteiger partial charge in [-0.05, 0) is 18.6 Å². The third-order valence-electron chi connectivity index (χ3n) is 2.89. The molecule has 1 aromatic carbocycles. The number of nitrogens with one attached hydrogen (secondary N) is 2. The molecule has 0 aliphatic rings. The van der Waals surface area contributed by atoms with E-state index in [1.54, 1.807) is 0 Å². The summed E-state index contributed by atoms with van der Waals surface area (Å²) in [4.78, 5) is 4.35. The van der Waals surface area contributed by atoms with Crippen LogP contribution in [0.5, 0.6) is 0 Å². The van der Waals surface area contributed by atoms with E-state index in [9.17, 15) is 8.42 Å². The molecule has 7 heteroatoms. The first kappa shape index (κ1) is 15.0. The largest absolute Gasteiger partial charge is 0.441 e. The minimum absolute atomic E-state index is 0.529. The van der Waals surface area contributed by atoms with Gasteiger partial charge in [0.25, 0.3) is 0 Å². The fraction of sp³-hybridized carbons (Fsp3) is 0.462. The zero-order valence-corrected chi connectivity index (χ0v) is 12.2. The number of thiol groups is 1. The van der Waals surface area contributed by atoms with Crippen LogP contribution >= 0.6 is 0 Å². The second-order valence-corrected chi connectivity index (χ2v) is 5.68. The summed E-state index contributed by atoms with van der Waals surface area (Å²) in [7, 11) is -2.47. The summed E-state index contributed by atoms with van der Waals surface area (Å²) in [6, 6.07) is 7.58. The van der Waals surface area contributed by atoms with E-state index >= 15 is 0 Å². The molecule has 6 nitrogen and oxygen atoms in total. The zero-order chi connectivity index (χ0) is 14.4. The molecule has 1 unspecified atom stereocenters. The molecule has 1 heterocycles. The molecular formula is C13H19N3O3S. The van der Waals surface area contributed by atoms with Crippen LogP contribution in [0.25, 0.3) is 11.1 Å². The monoisotopic (exact) mass is 297 g/mol. The highest BCUT2D eigenvalue weighted by molar-refractivity contribution is 7.73. The molecule has 0 amide bonds. The summed E-state index contributed by atoms with van der Waals surface area (Å²) in [6.07, 6.45) is 2.00. The van der Waals surface area contributed by atoms with E-state index in [-0.39, 0.29) is 0 Å². The molecule has 0 radical (unpaired) electrons. The Kier molecular flexibility index (Phi) is 5.51. The summed E-state index contributed by atoms with van der Waals surface area (Å²) < 4.78 is 27.5. The second kappa shape index (κ2) is 7.37. The van der Waals surface area contributed by atoms with E-state index < -0.39 is 16.1 Å². The Morgan fingerprint density at radius 3 is 2.85 bits per heavy atom. The highest BCUT2D eigenvalue weighted by Crippen LogP contribution is 2.14. The molecule has 0 spiro atoms. The van der Waals surface area contributed by atoms with Gasteiger partial charge in [-0.1, -0.05) is 25.5 Å². The molecule has 0 aliphatic heterocycles. The average Bonchev–Trinajstić information content (AvgIpc) is 2.84. The molecule has 0 saturated heterocycles. The first-order valence-electron chi connectivity index (χ1n) is 6.67. The van der Waals surface area contributed by atoms with Gasteiger partial charge in [-0.25, -0.2) is 18.8 Å². The molecule has 2 rings (SSSR count). The van der Waals surface area contributed by atoms with Gasteiger partial charge in [0.05, 0.1) is 0 Å². The highest BCUT2D eigenvalue weighted by Gasteiger charge is 2.09. The number of hydrogen-bond acceptors (Lipinski definition) is 6. The summed E-state index contributed by atoms with van der Waals surface area (Å²) in [6.45, 7) is 2.50. The Bertz CT molecular complexity index is 583. The smallest absolute Gasteiger partial charge is 0.196 e. The van der Waals surface area contributed by atoms with Crippen LogP contribution in [0.2, 0.25) is 0 Å². The van der Waals surface area contributed by atoms with Crippen LogP contribution in [0.15, 0.2) is 28.7 Å². The van der Waals surface area contributed by atoms with Crippen molar-refractivity contribution in [1.82, 2.24) is 15.8 Å². The minimum Gasteiger partial charge on any atom is -0.441 e. The van der Waals surface area contributed by atoms with Crippen LogP contribution in [-0.2, 0) is 17.1 Å². The summed E-state index contributed by atoms with van der Waals surface area (Å²) in [5, 5.41) is -0.529. The summed E-state index contributed by atoms with van der Waals surface area (Å²) in [5.41, 5.74) is 7.32. The lowest BCUT2D eigenvalue weighted by Crippen LogP contribution is -2.42. The SMILES string of the molecule is CCCC(NNCCc1nc2ccccc2o1)[SH](=O)=O. The van der Waals surface area contributed by atoms with E-state index in [0.29, 0.717) is 25.3 Å². The second-order valence-electron chi connectivity index (χ2n) is 4.49. The van der Waals surface area contributed by atoms with Crippen molar-refractivity contribution in [2.45, 2.75) is 31.6 Å². The fourth-order valence-corrected chi connectivity index (χ4v) is 2.56. The van der Waals surface area contributed by atoms with Crippen molar-refractivity contribution >= 4 is 21.8 Å². The summed E-state index contributed by atoms with van der Waals surface area (Å²) >= 11 is 0. The molecule has 20 heavy (non-hydrogen) atoms. The molecule has 0 fully saturated rings. The number of rotatable bonds is 8. The fourth-order valence-electron chi connectivity index (χ4n) is 1.89. The molecular weight excluding hydrogens is 278 g/mol. The Morgan fingerprint density at radius 1 is 1.35 bits per heavy atom. The van der Waals surface area contributed by atoms with Crippen molar-refractivity contribution in [3.63, 3.8) is 0 Å². The van der Waals surface area contributed by atoms with E-state index in [0.717, 1.165) is 17.5 Å². The quantitative estimate of drug-likeness (QED) is 0.386. The third kappa shape index (κ3) is 4.03. The number of fused-ring (bicyclic) bond motifs is 1. The lowest BCUT2D eigenvalue weighted by Gasteiger charge is -2.12. The van der Waals surface area contributed by atoms with Crippen molar-refractivity contribution in [1.29, 1.82) is 0 Å². The standard InChI is InChI=1S/C13H19N3O3S/c1-2-5-13(20(17)18)16-14-9-8-12-15-10-6-3-4-7-11(10)19-12/h3-4,6-7,13-14,16,20H,2,5,8-9H2,1H3. The number of nitrogens with zero attached hydrogens (tertiary/aromatic N) is 1. The van der Waals surface area contributed by atoms with Crippen molar-refractivity contribution in [2.24, 2.45) is 0 Å². The van der Waals surface area contributed by atoms with Crippen LogP contribution in [0.4, 0.5) is 0 Å². The maximum Gasteiger partial charge on any atom is 0.196 e. The highest BCUT2D eigenvalue weighted by atomic mass is 32.2. The lowest BCUT2D eigenvalue weighted by molar-refractivity contribution is 0.452. The third-order valence-corrected chi connectivity index (χ3v) is 3.78. The van der Waals surface area contributed by atoms with E-state index in [1.807, 2.05) is 31.2 Å². The number of para-hydroxylation sites is 2.